The number of hydrogen-bond acceptors (Lipinski definition) is 1. The summed E-state index contributed by atoms with van der Waals surface area (Å²) < 4.78 is 4.92. The molecule has 0 aliphatic heterocycles. The monoisotopic (exact) mass is 137 g/mol. The predicted molar refractivity (Wildman–Crippen MR) is 37.4 cm³/mol. The van der Waals surface area contributed by atoms with Gasteiger partial charge in [-0.1, -0.05) is 12.1 Å². The van der Waals surface area contributed by atoms with Gasteiger partial charge in [-0.2, -0.15) is 0 Å². The van der Waals surface area contributed by atoms with Gasteiger partial charge in [0.05, 0.1) is 7.11 Å². The molecule has 0 saturated heterocycles. The van der Waals surface area contributed by atoms with Gasteiger partial charge in [-0.25, -0.2) is 5.11 Å². The van der Waals surface area contributed by atoms with Gasteiger partial charge < -0.3 is 4.74 Å². The lowest BCUT2D eigenvalue weighted by Crippen LogP contribution is -1.85. The van der Waals surface area contributed by atoms with Crippen molar-refractivity contribution in [2.24, 2.45) is 0 Å². The number of methoxy groups -OCH3 is 1. The maximum absolute atomic E-state index is 10.3. The molecule has 2 heteroatoms. The summed E-state index contributed by atoms with van der Waals surface area (Å²) in [6.45, 7) is -0.183. The van der Waals surface area contributed by atoms with Crippen LogP contribution < -0.4 is 4.74 Å². The van der Waals surface area contributed by atoms with Crippen molar-refractivity contribution in [3.63, 3.8) is 0 Å². The third kappa shape index (κ3) is 1.48. The van der Waals surface area contributed by atoms with Crippen molar-refractivity contribution in [3.05, 3.63) is 29.8 Å². The maximum atomic E-state index is 10.3. The summed E-state index contributed by atoms with van der Waals surface area (Å²) in [4.78, 5) is 0. The second kappa shape index (κ2) is 3.22. The van der Waals surface area contributed by atoms with E-state index in [-0.39, 0.29) is 6.61 Å². The van der Waals surface area contributed by atoms with E-state index in [1.54, 1.807) is 19.2 Å². The van der Waals surface area contributed by atoms with Crippen LogP contribution in [0.5, 0.6) is 5.75 Å². The fourth-order valence-electron chi connectivity index (χ4n) is 0.762. The van der Waals surface area contributed by atoms with Crippen LogP contribution in [-0.4, -0.2) is 7.11 Å². The van der Waals surface area contributed by atoms with Crippen LogP contribution in [0.3, 0.4) is 0 Å². The summed E-state index contributed by atoms with van der Waals surface area (Å²) in [5.74, 6) is 0.744. The highest BCUT2D eigenvalue weighted by molar-refractivity contribution is 5.27. The summed E-state index contributed by atoms with van der Waals surface area (Å²) in [5, 5.41) is 10.3. The Morgan fingerprint density at radius 1 is 1.50 bits per heavy atom. The van der Waals surface area contributed by atoms with Gasteiger partial charge in [-0.15, -0.1) is 0 Å². The zero-order valence-corrected chi connectivity index (χ0v) is 5.83. The summed E-state index contributed by atoms with van der Waals surface area (Å²) in [6.07, 6.45) is 0. The molecule has 0 N–H and O–H groups in total. The quantitative estimate of drug-likeness (QED) is 0.609. The lowest BCUT2D eigenvalue weighted by molar-refractivity contribution is 0.177. The molecule has 0 spiro atoms. The van der Waals surface area contributed by atoms with E-state index in [0.717, 1.165) is 11.3 Å². The van der Waals surface area contributed by atoms with Crippen LogP contribution in [-0.2, 0) is 11.7 Å². The minimum Gasteiger partial charge on any atom is -0.497 e. The first-order valence-electron chi connectivity index (χ1n) is 3.08. The minimum atomic E-state index is -0.183. The Kier molecular flexibility index (Phi) is 2.29. The molecule has 0 aromatic heterocycles. The highest BCUT2D eigenvalue weighted by atomic mass is 16.5. The van der Waals surface area contributed by atoms with E-state index in [4.69, 9.17) is 4.74 Å². The van der Waals surface area contributed by atoms with Crippen molar-refractivity contribution >= 4 is 0 Å². The molecule has 0 fully saturated rings. The predicted octanol–water partition coefficient (Wildman–Crippen LogP) is 1.63. The van der Waals surface area contributed by atoms with Gasteiger partial charge in [0.2, 0.25) is 0 Å². The van der Waals surface area contributed by atoms with Crippen LogP contribution in [0.2, 0.25) is 0 Å². The Hall–Kier alpha value is -1.02. The number of rotatable bonds is 2. The highest BCUT2D eigenvalue weighted by Crippen LogP contribution is 2.11. The van der Waals surface area contributed by atoms with Crippen LogP contribution in [0.1, 0.15) is 5.56 Å². The lowest BCUT2D eigenvalue weighted by atomic mass is 10.2. The number of hydrogen-bond donors (Lipinski definition) is 0. The largest absolute Gasteiger partial charge is 0.497 e. The normalized spacial score (nSPS) is 9.40. The Bertz CT molecular complexity index is 189. The van der Waals surface area contributed by atoms with Gasteiger partial charge >= 0.3 is 0 Å². The molecule has 0 bridgehead atoms. The molecular weight excluding hydrogens is 128 g/mol. The molecule has 0 atom stereocenters. The van der Waals surface area contributed by atoms with Crippen molar-refractivity contribution in [2.45, 2.75) is 6.61 Å². The van der Waals surface area contributed by atoms with Gasteiger partial charge in [-0.05, 0) is 17.7 Å². The molecule has 0 saturated carbocycles. The molecule has 2 nitrogen and oxygen atoms in total. The van der Waals surface area contributed by atoms with Crippen LogP contribution >= 0.6 is 0 Å². The van der Waals surface area contributed by atoms with E-state index >= 15 is 0 Å². The Morgan fingerprint density at radius 2 is 2.30 bits per heavy atom. The molecule has 0 amide bonds. The third-order valence-electron chi connectivity index (χ3n) is 1.30. The van der Waals surface area contributed by atoms with Crippen molar-refractivity contribution < 1.29 is 9.84 Å². The second-order valence-electron chi connectivity index (χ2n) is 2.00. The number of ether oxygens (including phenoxy) is 1. The Morgan fingerprint density at radius 3 is 2.90 bits per heavy atom. The van der Waals surface area contributed by atoms with Gasteiger partial charge in [0.1, 0.15) is 12.4 Å². The first-order valence-corrected chi connectivity index (χ1v) is 3.08. The van der Waals surface area contributed by atoms with E-state index in [1.807, 2.05) is 12.1 Å². The van der Waals surface area contributed by atoms with Gasteiger partial charge in [-0.3, -0.25) is 0 Å². The molecule has 0 heterocycles. The van der Waals surface area contributed by atoms with E-state index < -0.39 is 0 Å². The van der Waals surface area contributed by atoms with Crippen LogP contribution in [0.4, 0.5) is 0 Å². The standard InChI is InChI=1S/C8H9O2/c1-10-8-4-2-3-7(5-8)6-9/h2-5H,6H2,1H3. The second-order valence-corrected chi connectivity index (χ2v) is 2.00. The molecule has 1 aromatic carbocycles. The smallest absolute Gasteiger partial charge is 0.119 e. The maximum Gasteiger partial charge on any atom is 0.119 e. The van der Waals surface area contributed by atoms with Crippen molar-refractivity contribution in [3.8, 4) is 5.75 Å². The molecule has 0 aliphatic carbocycles. The molecule has 1 rings (SSSR count). The molecule has 10 heavy (non-hydrogen) atoms. The van der Waals surface area contributed by atoms with Crippen molar-refractivity contribution in [1.82, 2.24) is 0 Å². The molecule has 53 valence electrons. The average molecular weight is 137 g/mol. The zero-order valence-electron chi connectivity index (χ0n) is 5.83. The Balaban J connectivity index is 2.87. The van der Waals surface area contributed by atoms with Crippen molar-refractivity contribution in [1.29, 1.82) is 0 Å². The average Bonchev–Trinajstić information content (AvgIpc) is 2.05. The van der Waals surface area contributed by atoms with E-state index in [9.17, 15) is 5.11 Å². The topological polar surface area (TPSA) is 29.1 Å². The van der Waals surface area contributed by atoms with Crippen LogP contribution in [0.15, 0.2) is 24.3 Å². The van der Waals surface area contributed by atoms with Crippen LogP contribution in [0.25, 0.3) is 0 Å². The first kappa shape index (κ1) is 7.09. The SMILES string of the molecule is COc1cccc(C[O])c1. The van der Waals surface area contributed by atoms with Crippen molar-refractivity contribution in [2.75, 3.05) is 7.11 Å². The molecule has 1 aromatic rings. The molecular formula is C8H9O2. The molecule has 0 unspecified atom stereocenters. The van der Waals surface area contributed by atoms with E-state index in [0.29, 0.717) is 0 Å². The summed E-state index contributed by atoms with van der Waals surface area (Å²) in [6, 6.07) is 7.16. The fourth-order valence-corrected chi connectivity index (χ4v) is 0.762. The van der Waals surface area contributed by atoms with Gasteiger partial charge in [0, 0.05) is 0 Å². The fraction of sp³-hybridized carbons (Fsp3) is 0.250. The van der Waals surface area contributed by atoms with E-state index in [1.165, 1.54) is 0 Å². The molecule has 1 radical (unpaired) electrons. The Labute approximate surface area is 60.1 Å². The third-order valence-corrected chi connectivity index (χ3v) is 1.30. The lowest BCUT2D eigenvalue weighted by Gasteiger charge is -1.99. The number of benzene rings is 1. The van der Waals surface area contributed by atoms with E-state index in [2.05, 4.69) is 0 Å². The zero-order chi connectivity index (χ0) is 7.40. The van der Waals surface area contributed by atoms with Gasteiger partial charge in [0.25, 0.3) is 0 Å². The van der Waals surface area contributed by atoms with Crippen LogP contribution in [0, 0.1) is 0 Å². The van der Waals surface area contributed by atoms with Gasteiger partial charge in [0.15, 0.2) is 0 Å². The summed E-state index contributed by atoms with van der Waals surface area (Å²) in [7, 11) is 1.59. The first-order chi connectivity index (χ1) is 4.86. The summed E-state index contributed by atoms with van der Waals surface area (Å²) >= 11 is 0. The summed E-state index contributed by atoms with van der Waals surface area (Å²) in [5.41, 5.74) is 0.763. The molecule has 0 aliphatic rings. The minimum absolute atomic E-state index is 0.183. The highest BCUT2D eigenvalue weighted by Gasteiger charge is 1.92.